The van der Waals surface area contributed by atoms with Crippen molar-refractivity contribution in [1.29, 1.82) is 0 Å². The highest BCUT2D eigenvalue weighted by atomic mass is 32.2. The van der Waals surface area contributed by atoms with E-state index in [1.807, 2.05) is 0 Å². The summed E-state index contributed by atoms with van der Waals surface area (Å²) in [6.45, 7) is 0.669. The lowest BCUT2D eigenvalue weighted by molar-refractivity contribution is -0.134. The van der Waals surface area contributed by atoms with Crippen LogP contribution >= 0.6 is 0 Å². The van der Waals surface area contributed by atoms with Crippen LogP contribution in [0.4, 0.5) is 10.5 Å². The van der Waals surface area contributed by atoms with E-state index >= 15 is 0 Å². The molecule has 0 unspecified atom stereocenters. The fourth-order valence-corrected chi connectivity index (χ4v) is 5.96. The summed E-state index contributed by atoms with van der Waals surface area (Å²) in [5.74, 6) is -0.851. The molecule has 2 heterocycles. The molecule has 1 spiro atoms. The van der Waals surface area contributed by atoms with Crippen molar-refractivity contribution in [2.75, 3.05) is 25.0 Å². The minimum atomic E-state index is -3.52. The summed E-state index contributed by atoms with van der Waals surface area (Å²) >= 11 is 0. The second kappa shape index (κ2) is 7.99. The van der Waals surface area contributed by atoms with Gasteiger partial charge in [-0.05, 0) is 49.9 Å². The second-order valence-electron chi connectivity index (χ2n) is 8.15. The molecule has 2 saturated heterocycles. The fraction of sp³-hybridized carbons (Fsp3) is 0.550. The first-order valence-corrected chi connectivity index (χ1v) is 11.8. The van der Waals surface area contributed by atoms with E-state index in [9.17, 15) is 22.8 Å². The van der Waals surface area contributed by atoms with E-state index < -0.39 is 27.5 Å². The van der Waals surface area contributed by atoms with Crippen LogP contribution in [0.5, 0.6) is 0 Å². The van der Waals surface area contributed by atoms with E-state index in [4.69, 9.17) is 0 Å². The number of hydrogen-bond acceptors (Lipinski definition) is 5. The van der Waals surface area contributed by atoms with Gasteiger partial charge in [0.25, 0.3) is 5.91 Å². The molecule has 2 aliphatic heterocycles. The zero-order valence-electron chi connectivity index (χ0n) is 16.7. The minimum Gasteiger partial charge on any atom is -0.325 e. The van der Waals surface area contributed by atoms with Crippen LogP contribution in [0.15, 0.2) is 29.2 Å². The first kappa shape index (κ1) is 20.8. The van der Waals surface area contributed by atoms with E-state index in [1.165, 1.54) is 28.6 Å². The van der Waals surface area contributed by atoms with Gasteiger partial charge < -0.3 is 10.6 Å². The summed E-state index contributed by atoms with van der Waals surface area (Å²) in [5, 5.41) is 5.40. The number of urea groups is 1. The molecule has 4 amide bonds. The Hall–Kier alpha value is -2.46. The number of hydrogen-bond donors (Lipinski definition) is 2. The number of benzene rings is 1. The zero-order valence-corrected chi connectivity index (χ0v) is 17.5. The second-order valence-corrected chi connectivity index (χ2v) is 10.1. The standard InChI is InChI=1S/C20H26N4O5S/c25-17(14-24-18(26)20(22-19(24)27)10-2-1-3-11-20)21-15-6-8-16(9-7-15)30(28,29)23-12-4-5-13-23/h6-9H,1-5,10-14H2,(H,21,25)(H,22,27). The smallest absolute Gasteiger partial charge is 0.325 e. The Balaban J connectivity index is 1.38. The molecule has 0 atom stereocenters. The summed E-state index contributed by atoms with van der Waals surface area (Å²) < 4.78 is 26.6. The van der Waals surface area contributed by atoms with E-state index in [0.717, 1.165) is 37.0 Å². The molecular formula is C20H26N4O5S. The zero-order chi connectivity index (χ0) is 21.4. The van der Waals surface area contributed by atoms with Gasteiger partial charge in [-0.2, -0.15) is 4.31 Å². The summed E-state index contributed by atoms with van der Waals surface area (Å²) in [6.07, 6.45) is 5.70. The lowest BCUT2D eigenvalue weighted by atomic mass is 9.82. The largest absolute Gasteiger partial charge is 0.325 e. The number of amides is 4. The Morgan fingerprint density at radius 3 is 2.27 bits per heavy atom. The molecule has 1 aromatic rings. The maximum Gasteiger partial charge on any atom is 0.325 e. The van der Waals surface area contributed by atoms with Gasteiger partial charge in [0.15, 0.2) is 0 Å². The summed E-state index contributed by atoms with van der Waals surface area (Å²) in [6, 6.07) is 5.39. The molecule has 2 N–H and O–H groups in total. The predicted octanol–water partition coefficient (Wildman–Crippen LogP) is 1.66. The van der Waals surface area contributed by atoms with Crippen LogP contribution in [0.3, 0.4) is 0 Å². The molecule has 0 radical (unpaired) electrons. The minimum absolute atomic E-state index is 0.177. The number of nitrogens with zero attached hydrogens (tertiary/aromatic N) is 2. The number of rotatable bonds is 5. The SMILES string of the molecule is O=C(CN1C(=O)NC2(CCCCC2)C1=O)Nc1ccc(S(=O)(=O)N2CCCC2)cc1. The highest BCUT2D eigenvalue weighted by Crippen LogP contribution is 2.33. The molecular weight excluding hydrogens is 408 g/mol. The normalized spacial score (nSPS) is 21.8. The third-order valence-electron chi connectivity index (χ3n) is 6.10. The summed E-state index contributed by atoms with van der Waals surface area (Å²) in [4.78, 5) is 38.6. The summed E-state index contributed by atoms with van der Waals surface area (Å²) in [7, 11) is -3.52. The Morgan fingerprint density at radius 1 is 1.00 bits per heavy atom. The van der Waals surface area contributed by atoms with Crippen molar-refractivity contribution in [1.82, 2.24) is 14.5 Å². The van der Waals surface area contributed by atoms with Crippen LogP contribution in [0.25, 0.3) is 0 Å². The van der Waals surface area contributed by atoms with Gasteiger partial charge in [0, 0.05) is 18.8 Å². The molecule has 1 aromatic carbocycles. The molecule has 3 aliphatic rings. The third-order valence-corrected chi connectivity index (χ3v) is 8.01. The highest BCUT2D eigenvalue weighted by Gasteiger charge is 2.51. The van der Waals surface area contributed by atoms with Crippen molar-refractivity contribution in [3.05, 3.63) is 24.3 Å². The number of sulfonamides is 1. The molecule has 4 rings (SSSR count). The lowest BCUT2D eigenvalue weighted by Crippen LogP contribution is -2.48. The quantitative estimate of drug-likeness (QED) is 0.684. The van der Waals surface area contributed by atoms with Gasteiger partial charge in [0.2, 0.25) is 15.9 Å². The molecule has 1 saturated carbocycles. The van der Waals surface area contributed by atoms with Crippen LogP contribution < -0.4 is 10.6 Å². The Labute approximate surface area is 175 Å². The average molecular weight is 435 g/mol. The van der Waals surface area contributed by atoms with Gasteiger partial charge >= 0.3 is 6.03 Å². The molecule has 0 aromatic heterocycles. The van der Waals surface area contributed by atoms with Gasteiger partial charge in [-0.3, -0.25) is 14.5 Å². The maximum atomic E-state index is 12.8. The van der Waals surface area contributed by atoms with Gasteiger partial charge in [-0.1, -0.05) is 19.3 Å². The number of anilines is 1. The van der Waals surface area contributed by atoms with Gasteiger partial charge in [0.1, 0.15) is 12.1 Å². The number of carbonyl (C=O) groups excluding carboxylic acids is 3. The van der Waals surface area contributed by atoms with Crippen LogP contribution in [0.1, 0.15) is 44.9 Å². The Kier molecular flexibility index (Phi) is 5.54. The molecule has 30 heavy (non-hydrogen) atoms. The first-order chi connectivity index (χ1) is 14.3. The first-order valence-electron chi connectivity index (χ1n) is 10.4. The van der Waals surface area contributed by atoms with Crippen LogP contribution in [0.2, 0.25) is 0 Å². The molecule has 3 fully saturated rings. The van der Waals surface area contributed by atoms with Crippen molar-refractivity contribution in [3.8, 4) is 0 Å². The average Bonchev–Trinajstić information content (AvgIpc) is 3.34. The predicted molar refractivity (Wildman–Crippen MR) is 109 cm³/mol. The molecule has 10 heteroatoms. The van der Waals surface area contributed by atoms with Crippen molar-refractivity contribution < 1.29 is 22.8 Å². The monoisotopic (exact) mass is 434 g/mol. The van der Waals surface area contributed by atoms with Crippen molar-refractivity contribution in [3.63, 3.8) is 0 Å². The molecule has 1 aliphatic carbocycles. The van der Waals surface area contributed by atoms with Crippen LogP contribution in [-0.4, -0.2) is 60.6 Å². The highest BCUT2D eigenvalue weighted by molar-refractivity contribution is 7.89. The van der Waals surface area contributed by atoms with Crippen LogP contribution in [0, 0.1) is 0 Å². The van der Waals surface area contributed by atoms with Crippen molar-refractivity contribution in [2.24, 2.45) is 0 Å². The van der Waals surface area contributed by atoms with Gasteiger partial charge in [0.05, 0.1) is 4.90 Å². The van der Waals surface area contributed by atoms with Gasteiger partial charge in [-0.15, -0.1) is 0 Å². The number of carbonyl (C=O) groups is 3. The van der Waals surface area contributed by atoms with Crippen LogP contribution in [-0.2, 0) is 19.6 Å². The summed E-state index contributed by atoms with van der Waals surface area (Å²) in [5.41, 5.74) is -0.457. The Morgan fingerprint density at radius 2 is 1.63 bits per heavy atom. The molecule has 0 bridgehead atoms. The van der Waals surface area contributed by atoms with Crippen molar-refractivity contribution in [2.45, 2.75) is 55.4 Å². The maximum absolute atomic E-state index is 12.8. The van der Waals surface area contributed by atoms with Gasteiger partial charge in [-0.25, -0.2) is 13.2 Å². The number of imide groups is 1. The third kappa shape index (κ3) is 3.81. The number of nitrogens with one attached hydrogen (secondary N) is 2. The Bertz CT molecular complexity index is 948. The topological polar surface area (TPSA) is 116 Å². The molecule has 9 nitrogen and oxygen atoms in total. The van der Waals surface area contributed by atoms with E-state index in [1.54, 1.807) is 0 Å². The lowest BCUT2D eigenvalue weighted by Gasteiger charge is -2.30. The fourth-order valence-electron chi connectivity index (χ4n) is 4.45. The van der Waals surface area contributed by atoms with Crippen molar-refractivity contribution >= 4 is 33.6 Å². The van der Waals surface area contributed by atoms with E-state index in [0.29, 0.717) is 31.6 Å². The molecule has 162 valence electrons. The van der Waals surface area contributed by atoms with E-state index in [2.05, 4.69) is 10.6 Å². The van der Waals surface area contributed by atoms with E-state index in [-0.39, 0.29) is 17.3 Å².